The molecule has 9 heteroatoms. The summed E-state index contributed by atoms with van der Waals surface area (Å²) in [7, 11) is 0. The second-order valence-corrected chi connectivity index (χ2v) is 6.57. The van der Waals surface area contributed by atoms with Crippen molar-refractivity contribution in [3.8, 4) is 0 Å². The van der Waals surface area contributed by atoms with Gasteiger partial charge in [-0.1, -0.05) is 20.8 Å². The average molecular weight is 477 g/mol. The summed E-state index contributed by atoms with van der Waals surface area (Å²) < 4.78 is 2.01. The Bertz CT molecular complexity index is 600. The maximum atomic E-state index is 11.6. The molecule has 0 saturated carbocycles. The molecule has 0 spiro atoms. The third-order valence-corrected chi connectivity index (χ3v) is 4.11. The number of aliphatic imine (C=N–C) groups is 1. The molecule has 1 amide bonds. The number of hydrogen-bond acceptors (Lipinski definition) is 4. The van der Waals surface area contributed by atoms with E-state index in [1.54, 1.807) is 0 Å². The lowest BCUT2D eigenvalue weighted by Crippen LogP contribution is -2.47. The summed E-state index contributed by atoms with van der Waals surface area (Å²) in [6.07, 6.45) is 2.80. The summed E-state index contributed by atoms with van der Waals surface area (Å²) in [4.78, 5) is 20.7. The lowest BCUT2D eigenvalue weighted by molar-refractivity contribution is -0.123. The SMILES string of the molecule is CCNC(=NCCNC(=O)C(C)C)NC1CCc2nc(CC)nn2C1.I. The topological polar surface area (TPSA) is 96.2 Å². The molecular formula is C17H32IN7O. The number of carbonyl (C=O) groups excluding carboxylic acids is 1. The maximum Gasteiger partial charge on any atom is 0.222 e. The minimum atomic E-state index is 0. The van der Waals surface area contributed by atoms with Crippen molar-refractivity contribution in [1.82, 2.24) is 30.7 Å². The Kier molecular flexibility index (Phi) is 9.89. The van der Waals surface area contributed by atoms with Crippen molar-refractivity contribution >= 4 is 35.8 Å². The summed E-state index contributed by atoms with van der Waals surface area (Å²) in [6.45, 7) is 10.6. The van der Waals surface area contributed by atoms with Crippen LogP contribution in [-0.4, -0.2) is 52.3 Å². The molecule has 3 N–H and O–H groups in total. The van der Waals surface area contributed by atoms with Crippen molar-refractivity contribution in [1.29, 1.82) is 0 Å². The lowest BCUT2D eigenvalue weighted by atomic mass is 10.1. The molecule has 1 atom stereocenters. The molecule has 0 saturated heterocycles. The second kappa shape index (κ2) is 11.3. The third-order valence-electron chi connectivity index (χ3n) is 4.11. The first-order valence-corrected chi connectivity index (χ1v) is 9.28. The van der Waals surface area contributed by atoms with E-state index in [2.05, 4.69) is 37.9 Å². The van der Waals surface area contributed by atoms with Gasteiger partial charge in [-0.3, -0.25) is 9.79 Å². The number of carbonyl (C=O) groups is 1. The third kappa shape index (κ3) is 6.73. The molecule has 8 nitrogen and oxygen atoms in total. The Morgan fingerprint density at radius 3 is 2.77 bits per heavy atom. The van der Waals surface area contributed by atoms with Crippen LogP contribution in [0.3, 0.4) is 0 Å². The molecule has 0 radical (unpaired) electrons. The lowest BCUT2D eigenvalue weighted by Gasteiger charge is -2.25. The number of guanidine groups is 1. The summed E-state index contributed by atoms with van der Waals surface area (Å²) in [5.74, 6) is 2.84. The summed E-state index contributed by atoms with van der Waals surface area (Å²) in [5.41, 5.74) is 0. The smallest absolute Gasteiger partial charge is 0.222 e. The highest BCUT2D eigenvalue weighted by Gasteiger charge is 2.22. The molecule has 148 valence electrons. The van der Waals surface area contributed by atoms with Crippen molar-refractivity contribution in [3.63, 3.8) is 0 Å². The van der Waals surface area contributed by atoms with Gasteiger partial charge in [0.15, 0.2) is 11.8 Å². The Labute approximate surface area is 173 Å². The van der Waals surface area contributed by atoms with E-state index in [1.807, 2.05) is 25.5 Å². The van der Waals surface area contributed by atoms with E-state index in [0.717, 1.165) is 50.0 Å². The first-order chi connectivity index (χ1) is 12.0. The number of fused-ring (bicyclic) bond motifs is 1. The zero-order valence-corrected chi connectivity index (χ0v) is 18.5. The van der Waals surface area contributed by atoms with Gasteiger partial charge in [-0.05, 0) is 13.3 Å². The molecule has 0 bridgehead atoms. The van der Waals surface area contributed by atoms with E-state index in [9.17, 15) is 4.79 Å². The Morgan fingerprint density at radius 2 is 2.12 bits per heavy atom. The van der Waals surface area contributed by atoms with Gasteiger partial charge in [0.05, 0.1) is 13.1 Å². The molecule has 26 heavy (non-hydrogen) atoms. The normalized spacial score (nSPS) is 16.7. The predicted octanol–water partition coefficient (Wildman–Crippen LogP) is 1.10. The zero-order valence-electron chi connectivity index (χ0n) is 16.2. The van der Waals surface area contributed by atoms with Crippen LogP contribution in [0.2, 0.25) is 0 Å². The molecule has 1 aromatic rings. The number of nitrogens with zero attached hydrogens (tertiary/aromatic N) is 4. The van der Waals surface area contributed by atoms with Gasteiger partial charge in [-0.2, -0.15) is 5.10 Å². The van der Waals surface area contributed by atoms with Crippen molar-refractivity contribution < 1.29 is 4.79 Å². The van der Waals surface area contributed by atoms with Crippen LogP contribution in [0.15, 0.2) is 4.99 Å². The van der Waals surface area contributed by atoms with Gasteiger partial charge in [0, 0.05) is 37.9 Å². The fourth-order valence-electron chi connectivity index (χ4n) is 2.69. The van der Waals surface area contributed by atoms with Gasteiger partial charge in [0.2, 0.25) is 5.91 Å². The van der Waals surface area contributed by atoms with Gasteiger partial charge < -0.3 is 16.0 Å². The van der Waals surface area contributed by atoms with Gasteiger partial charge in [-0.25, -0.2) is 9.67 Å². The molecule has 1 aromatic heterocycles. The van der Waals surface area contributed by atoms with Crippen molar-refractivity contribution in [2.24, 2.45) is 10.9 Å². The highest BCUT2D eigenvalue weighted by molar-refractivity contribution is 14.0. The molecule has 1 unspecified atom stereocenters. The number of rotatable bonds is 7. The van der Waals surface area contributed by atoms with E-state index in [0.29, 0.717) is 13.1 Å². The molecular weight excluding hydrogens is 445 g/mol. The van der Waals surface area contributed by atoms with Crippen LogP contribution in [0.1, 0.15) is 45.8 Å². The maximum absolute atomic E-state index is 11.6. The zero-order chi connectivity index (χ0) is 18.2. The van der Waals surface area contributed by atoms with E-state index >= 15 is 0 Å². The summed E-state index contributed by atoms with van der Waals surface area (Å²) >= 11 is 0. The molecule has 0 fully saturated rings. The minimum absolute atomic E-state index is 0. The fourth-order valence-corrected chi connectivity index (χ4v) is 2.69. The van der Waals surface area contributed by atoms with E-state index < -0.39 is 0 Å². The number of amides is 1. The number of aromatic nitrogens is 3. The van der Waals surface area contributed by atoms with E-state index in [-0.39, 0.29) is 41.8 Å². The Balaban J connectivity index is 0.00000338. The average Bonchev–Trinajstić information content (AvgIpc) is 3.00. The Morgan fingerprint density at radius 1 is 1.35 bits per heavy atom. The Hall–Kier alpha value is -1.39. The van der Waals surface area contributed by atoms with Crippen molar-refractivity contribution in [2.45, 2.75) is 59.5 Å². The second-order valence-electron chi connectivity index (χ2n) is 6.57. The number of halogens is 1. The van der Waals surface area contributed by atoms with Crippen LogP contribution in [0.5, 0.6) is 0 Å². The molecule has 0 aliphatic carbocycles. The van der Waals surface area contributed by atoms with Crippen LogP contribution >= 0.6 is 24.0 Å². The van der Waals surface area contributed by atoms with Gasteiger partial charge in [0.1, 0.15) is 5.82 Å². The van der Waals surface area contributed by atoms with E-state index in [1.165, 1.54) is 0 Å². The molecule has 2 heterocycles. The van der Waals surface area contributed by atoms with Gasteiger partial charge >= 0.3 is 0 Å². The van der Waals surface area contributed by atoms with Crippen LogP contribution in [0, 0.1) is 5.92 Å². The quantitative estimate of drug-likeness (QED) is 0.237. The number of aryl methyl sites for hydroxylation is 2. The summed E-state index contributed by atoms with van der Waals surface area (Å²) in [5, 5.41) is 14.2. The van der Waals surface area contributed by atoms with E-state index in [4.69, 9.17) is 0 Å². The molecule has 1 aliphatic heterocycles. The minimum Gasteiger partial charge on any atom is -0.357 e. The summed E-state index contributed by atoms with van der Waals surface area (Å²) in [6, 6.07) is 0.280. The largest absolute Gasteiger partial charge is 0.357 e. The van der Waals surface area contributed by atoms with Gasteiger partial charge in [0.25, 0.3) is 0 Å². The van der Waals surface area contributed by atoms with Crippen LogP contribution in [-0.2, 0) is 24.2 Å². The van der Waals surface area contributed by atoms with Crippen LogP contribution < -0.4 is 16.0 Å². The number of nitrogens with one attached hydrogen (secondary N) is 3. The van der Waals surface area contributed by atoms with Crippen molar-refractivity contribution in [2.75, 3.05) is 19.6 Å². The fraction of sp³-hybridized carbons (Fsp3) is 0.765. The highest BCUT2D eigenvalue weighted by Crippen LogP contribution is 2.13. The molecule has 2 rings (SSSR count). The molecule has 0 aromatic carbocycles. The first kappa shape index (κ1) is 22.7. The molecule has 1 aliphatic rings. The standard InChI is InChI=1S/C17H31N7O.HI/c1-5-14-22-15-8-7-13(11-24(15)23-14)21-17(18-6-2)20-10-9-19-16(25)12(3)4;/h12-13H,5-11H2,1-4H3,(H,19,25)(H2,18,20,21);1H. The van der Waals surface area contributed by atoms with Crippen LogP contribution in [0.25, 0.3) is 0 Å². The highest BCUT2D eigenvalue weighted by atomic mass is 127. The predicted molar refractivity (Wildman–Crippen MR) is 114 cm³/mol. The van der Waals surface area contributed by atoms with Gasteiger partial charge in [-0.15, -0.1) is 24.0 Å². The first-order valence-electron chi connectivity index (χ1n) is 9.28. The van der Waals surface area contributed by atoms with Crippen molar-refractivity contribution in [3.05, 3.63) is 11.6 Å². The van der Waals surface area contributed by atoms with Crippen LogP contribution in [0.4, 0.5) is 0 Å². The monoisotopic (exact) mass is 477 g/mol. The number of hydrogen-bond donors (Lipinski definition) is 3.